The molecule has 6 nitrogen and oxygen atoms in total. The molecule has 1 aliphatic carbocycles. The Morgan fingerprint density at radius 3 is 2.75 bits per heavy atom. The molecule has 88 valence electrons. The summed E-state index contributed by atoms with van der Waals surface area (Å²) in [6.45, 7) is 3.49. The number of carboxylic acids is 1. The molecule has 0 aromatic carbocycles. The van der Waals surface area contributed by atoms with Crippen molar-refractivity contribution < 1.29 is 9.90 Å². The third-order valence-corrected chi connectivity index (χ3v) is 3.58. The second-order valence-electron chi connectivity index (χ2n) is 4.51. The highest BCUT2D eigenvalue weighted by atomic mass is 16.4. The molecule has 1 saturated carbocycles. The SMILES string of the molecule is CCC(C)(C(=O)O)n1nnnc1C1CCC1. The zero-order valence-electron chi connectivity index (χ0n) is 9.55. The Bertz CT molecular complexity index is 399. The summed E-state index contributed by atoms with van der Waals surface area (Å²) >= 11 is 0. The summed E-state index contributed by atoms with van der Waals surface area (Å²) in [6, 6.07) is 0. The Morgan fingerprint density at radius 2 is 2.31 bits per heavy atom. The molecule has 1 heterocycles. The van der Waals surface area contributed by atoms with Crippen molar-refractivity contribution in [3.8, 4) is 0 Å². The van der Waals surface area contributed by atoms with Crippen molar-refractivity contribution in [2.75, 3.05) is 0 Å². The first-order chi connectivity index (χ1) is 7.59. The molecular formula is C10H16N4O2. The second-order valence-corrected chi connectivity index (χ2v) is 4.51. The minimum absolute atomic E-state index is 0.334. The van der Waals surface area contributed by atoms with Gasteiger partial charge in [-0.1, -0.05) is 13.3 Å². The maximum absolute atomic E-state index is 11.3. The monoisotopic (exact) mass is 224 g/mol. The molecule has 0 saturated heterocycles. The van der Waals surface area contributed by atoms with Gasteiger partial charge >= 0.3 is 5.97 Å². The van der Waals surface area contributed by atoms with E-state index in [0.717, 1.165) is 18.7 Å². The topological polar surface area (TPSA) is 80.9 Å². The predicted octanol–water partition coefficient (Wildman–Crippen LogP) is 1.15. The van der Waals surface area contributed by atoms with E-state index in [2.05, 4.69) is 15.5 Å². The molecule has 1 fully saturated rings. The maximum atomic E-state index is 11.3. The van der Waals surface area contributed by atoms with Crippen LogP contribution in [-0.4, -0.2) is 31.3 Å². The lowest BCUT2D eigenvalue weighted by Crippen LogP contribution is -2.41. The van der Waals surface area contributed by atoms with Crippen LogP contribution >= 0.6 is 0 Å². The van der Waals surface area contributed by atoms with E-state index in [-0.39, 0.29) is 0 Å². The average molecular weight is 224 g/mol. The molecule has 1 aromatic rings. The van der Waals surface area contributed by atoms with Crippen molar-refractivity contribution in [3.05, 3.63) is 5.82 Å². The summed E-state index contributed by atoms with van der Waals surface area (Å²) < 4.78 is 1.49. The molecule has 0 aliphatic heterocycles. The summed E-state index contributed by atoms with van der Waals surface area (Å²) in [7, 11) is 0. The lowest BCUT2D eigenvalue weighted by atomic mass is 9.84. The van der Waals surface area contributed by atoms with Gasteiger partial charge in [-0.3, -0.25) is 0 Å². The zero-order valence-corrected chi connectivity index (χ0v) is 9.55. The predicted molar refractivity (Wildman–Crippen MR) is 56.0 cm³/mol. The maximum Gasteiger partial charge on any atom is 0.331 e. The van der Waals surface area contributed by atoms with Crippen LogP contribution in [0.4, 0.5) is 0 Å². The first-order valence-corrected chi connectivity index (χ1v) is 5.61. The van der Waals surface area contributed by atoms with Gasteiger partial charge in [0.25, 0.3) is 0 Å². The van der Waals surface area contributed by atoms with Crippen LogP contribution in [-0.2, 0) is 10.3 Å². The van der Waals surface area contributed by atoms with E-state index < -0.39 is 11.5 Å². The number of rotatable bonds is 4. The molecule has 16 heavy (non-hydrogen) atoms. The van der Waals surface area contributed by atoms with Crippen molar-refractivity contribution in [2.24, 2.45) is 0 Å². The van der Waals surface area contributed by atoms with Gasteiger partial charge < -0.3 is 5.11 Å². The standard InChI is InChI=1S/C10H16N4O2/c1-3-10(2,9(15)16)14-8(11-12-13-14)7-5-4-6-7/h7H,3-6H2,1-2H3,(H,15,16). The first-order valence-electron chi connectivity index (χ1n) is 5.61. The van der Waals surface area contributed by atoms with E-state index in [9.17, 15) is 9.90 Å². The molecule has 0 spiro atoms. The molecular weight excluding hydrogens is 208 g/mol. The lowest BCUT2D eigenvalue weighted by Gasteiger charge is -2.29. The summed E-state index contributed by atoms with van der Waals surface area (Å²) in [5.41, 5.74) is -1.03. The van der Waals surface area contributed by atoms with E-state index in [1.165, 1.54) is 11.1 Å². The molecule has 1 unspecified atom stereocenters. The fraction of sp³-hybridized carbons (Fsp3) is 0.800. The average Bonchev–Trinajstić information content (AvgIpc) is 2.63. The number of tetrazole rings is 1. The summed E-state index contributed by atoms with van der Waals surface area (Å²) in [5.74, 6) is 0.168. The lowest BCUT2D eigenvalue weighted by molar-refractivity contribution is -0.147. The van der Waals surface area contributed by atoms with Gasteiger partial charge in [0.2, 0.25) is 0 Å². The number of carboxylic acid groups (broad SMARTS) is 1. The zero-order chi connectivity index (χ0) is 11.8. The minimum atomic E-state index is -1.03. The Balaban J connectivity index is 2.38. The van der Waals surface area contributed by atoms with E-state index in [1.54, 1.807) is 6.92 Å². The van der Waals surface area contributed by atoms with Crippen molar-refractivity contribution in [1.29, 1.82) is 0 Å². The number of aromatic nitrogens is 4. The largest absolute Gasteiger partial charge is 0.479 e. The number of hydrogen-bond acceptors (Lipinski definition) is 4. The van der Waals surface area contributed by atoms with Gasteiger partial charge in [-0.25, -0.2) is 9.48 Å². The van der Waals surface area contributed by atoms with Gasteiger partial charge in [0.1, 0.15) is 0 Å². The fourth-order valence-electron chi connectivity index (χ4n) is 1.86. The van der Waals surface area contributed by atoms with Gasteiger partial charge in [-0.15, -0.1) is 5.10 Å². The molecule has 1 aliphatic rings. The van der Waals surface area contributed by atoms with Crippen LogP contribution in [0.1, 0.15) is 51.3 Å². The van der Waals surface area contributed by atoms with Gasteiger partial charge in [-0.05, 0) is 36.6 Å². The van der Waals surface area contributed by atoms with Crippen LogP contribution in [0.2, 0.25) is 0 Å². The van der Waals surface area contributed by atoms with Crippen molar-refractivity contribution >= 4 is 5.97 Å². The summed E-state index contributed by atoms with van der Waals surface area (Å²) in [5, 5.41) is 20.7. The van der Waals surface area contributed by atoms with Crippen molar-refractivity contribution in [1.82, 2.24) is 20.2 Å². The van der Waals surface area contributed by atoms with E-state index in [1.807, 2.05) is 6.92 Å². The van der Waals surface area contributed by atoms with E-state index in [4.69, 9.17) is 0 Å². The van der Waals surface area contributed by atoms with Gasteiger partial charge in [0.05, 0.1) is 0 Å². The molecule has 2 rings (SSSR count). The number of nitrogens with zero attached hydrogens (tertiary/aromatic N) is 4. The van der Waals surface area contributed by atoms with Crippen LogP contribution in [0.5, 0.6) is 0 Å². The van der Waals surface area contributed by atoms with Gasteiger partial charge in [-0.2, -0.15) is 0 Å². The highest BCUT2D eigenvalue weighted by Gasteiger charge is 2.39. The number of hydrogen-bond donors (Lipinski definition) is 1. The summed E-state index contributed by atoms with van der Waals surface area (Å²) in [6.07, 6.45) is 3.75. The Morgan fingerprint density at radius 1 is 1.62 bits per heavy atom. The first kappa shape index (κ1) is 11.0. The van der Waals surface area contributed by atoms with Gasteiger partial charge in [0, 0.05) is 5.92 Å². The number of aliphatic carboxylic acids is 1. The number of carbonyl (C=O) groups is 1. The third-order valence-electron chi connectivity index (χ3n) is 3.58. The fourth-order valence-corrected chi connectivity index (χ4v) is 1.86. The van der Waals surface area contributed by atoms with E-state index >= 15 is 0 Å². The smallest absolute Gasteiger partial charge is 0.331 e. The van der Waals surface area contributed by atoms with Crippen LogP contribution in [0.25, 0.3) is 0 Å². The quantitative estimate of drug-likeness (QED) is 0.829. The molecule has 1 N–H and O–H groups in total. The van der Waals surface area contributed by atoms with Crippen LogP contribution < -0.4 is 0 Å². The third kappa shape index (κ3) is 1.48. The highest BCUT2D eigenvalue weighted by molar-refractivity contribution is 5.76. The van der Waals surface area contributed by atoms with Crippen molar-refractivity contribution in [3.63, 3.8) is 0 Å². The highest BCUT2D eigenvalue weighted by Crippen LogP contribution is 2.36. The minimum Gasteiger partial charge on any atom is -0.479 e. The van der Waals surface area contributed by atoms with E-state index in [0.29, 0.717) is 12.3 Å². The molecule has 0 amide bonds. The van der Waals surface area contributed by atoms with Crippen LogP contribution in [0.3, 0.4) is 0 Å². The summed E-state index contributed by atoms with van der Waals surface area (Å²) in [4.78, 5) is 11.3. The normalized spacial score (nSPS) is 20.1. The van der Waals surface area contributed by atoms with Crippen LogP contribution in [0, 0.1) is 0 Å². The molecule has 0 bridgehead atoms. The van der Waals surface area contributed by atoms with Crippen molar-refractivity contribution in [2.45, 2.75) is 51.0 Å². The Kier molecular flexibility index (Phi) is 2.65. The van der Waals surface area contributed by atoms with Gasteiger partial charge in [0.15, 0.2) is 11.4 Å². The van der Waals surface area contributed by atoms with Crippen LogP contribution in [0.15, 0.2) is 0 Å². The Labute approximate surface area is 93.6 Å². The Hall–Kier alpha value is -1.46. The molecule has 6 heteroatoms. The molecule has 0 radical (unpaired) electrons. The molecule has 1 aromatic heterocycles. The second kappa shape index (κ2) is 3.84. The molecule has 1 atom stereocenters.